The fraction of sp³-hybridized carbons (Fsp3) is 0.263. The van der Waals surface area contributed by atoms with E-state index in [1.165, 1.54) is 6.92 Å². The third-order valence-electron chi connectivity index (χ3n) is 3.70. The summed E-state index contributed by atoms with van der Waals surface area (Å²) in [4.78, 5) is 23.4. The molecule has 2 N–H and O–H groups in total. The SMILES string of the molecule is CC[C@@H](NC(=O)c1ccc(NC(C)=O)cc1)c1ccc(OC)cc1. The molecule has 5 heteroatoms. The van der Waals surface area contributed by atoms with Gasteiger partial charge in [0.15, 0.2) is 0 Å². The van der Waals surface area contributed by atoms with Crippen LogP contribution in [-0.2, 0) is 4.79 Å². The topological polar surface area (TPSA) is 67.4 Å². The van der Waals surface area contributed by atoms with E-state index in [9.17, 15) is 9.59 Å². The number of benzene rings is 2. The van der Waals surface area contributed by atoms with E-state index in [2.05, 4.69) is 10.6 Å². The number of hydrogen-bond acceptors (Lipinski definition) is 3. The van der Waals surface area contributed by atoms with Gasteiger partial charge in [0.25, 0.3) is 5.91 Å². The summed E-state index contributed by atoms with van der Waals surface area (Å²) in [6.07, 6.45) is 0.780. The Morgan fingerprint density at radius 3 is 2.17 bits per heavy atom. The Bertz CT molecular complexity index is 694. The fourth-order valence-corrected chi connectivity index (χ4v) is 2.41. The van der Waals surface area contributed by atoms with E-state index in [0.717, 1.165) is 17.7 Å². The maximum Gasteiger partial charge on any atom is 0.251 e. The Morgan fingerprint density at radius 2 is 1.67 bits per heavy atom. The van der Waals surface area contributed by atoms with Crippen LogP contribution in [0.2, 0.25) is 0 Å². The quantitative estimate of drug-likeness (QED) is 0.853. The molecule has 0 bridgehead atoms. The maximum absolute atomic E-state index is 12.4. The van der Waals surface area contributed by atoms with Crippen LogP contribution in [0.15, 0.2) is 48.5 Å². The first-order valence-corrected chi connectivity index (χ1v) is 7.86. The molecule has 24 heavy (non-hydrogen) atoms. The van der Waals surface area contributed by atoms with Crippen LogP contribution in [0.4, 0.5) is 5.69 Å². The summed E-state index contributed by atoms with van der Waals surface area (Å²) in [5, 5.41) is 5.71. The normalized spacial score (nSPS) is 11.5. The molecule has 5 nitrogen and oxygen atoms in total. The second-order valence-corrected chi connectivity index (χ2v) is 5.47. The van der Waals surface area contributed by atoms with E-state index in [4.69, 9.17) is 4.74 Å². The Hall–Kier alpha value is -2.82. The van der Waals surface area contributed by atoms with Crippen molar-refractivity contribution in [1.29, 1.82) is 0 Å². The van der Waals surface area contributed by atoms with Gasteiger partial charge in [0.05, 0.1) is 13.2 Å². The zero-order valence-corrected chi connectivity index (χ0v) is 14.1. The largest absolute Gasteiger partial charge is 0.497 e. The summed E-state index contributed by atoms with van der Waals surface area (Å²) < 4.78 is 5.15. The van der Waals surface area contributed by atoms with Crippen molar-refractivity contribution in [2.24, 2.45) is 0 Å². The van der Waals surface area contributed by atoms with Crippen LogP contribution in [-0.4, -0.2) is 18.9 Å². The van der Waals surface area contributed by atoms with E-state index < -0.39 is 0 Å². The Labute approximate surface area is 142 Å². The van der Waals surface area contributed by atoms with Crippen molar-refractivity contribution in [2.75, 3.05) is 12.4 Å². The molecular formula is C19H22N2O3. The highest BCUT2D eigenvalue weighted by molar-refractivity contribution is 5.95. The van der Waals surface area contributed by atoms with Crippen molar-refractivity contribution >= 4 is 17.5 Å². The minimum atomic E-state index is -0.146. The lowest BCUT2D eigenvalue weighted by molar-refractivity contribution is -0.114. The average Bonchev–Trinajstić information content (AvgIpc) is 2.59. The second-order valence-electron chi connectivity index (χ2n) is 5.47. The van der Waals surface area contributed by atoms with E-state index in [1.807, 2.05) is 31.2 Å². The van der Waals surface area contributed by atoms with Gasteiger partial charge in [-0.1, -0.05) is 19.1 Å². The number of rotatable bonds is 6. The number of carbonyl (C=O) groups excluding carboxylic acids is 2. The lowest BCUT2D eigenvalue weighted by Crippen LogP contribution is -2.28. The first-order valence-electron chi connectivity index (χ1n) is 7.86. The van der Waals surface area contributed by atoms with Gasteiger partial charge in [0.2, 0.25) is 5.91 Å². The van der Waals surface area contributed by atoms with Gasteiger partial charge in [-0.15, -0.1) is 0 Å². The summed E-state index contributed by atoms with van der Waals surface area (Å²) in [5.41, 5.74) is 2.25. The summed E-state index contributed by atoms with van der Waals surface area (Å²) in [6.45, 7) is 3.47. The Morgan fingerprint density at radius 1 is 1.04 bits per heavy atom. The molecule has 0 saturated heterocycles. The van der Waals surface area contributed by atoms with Crippen LogP contribution >= 0.6 is 0 Å². The lowest BCUT2D eigenvalue weighted by Gasteiger charge is -2.18. The van der Waals surface area contributed by atoms with Crippen LogP contribution in [0, 0.1) is 0 Å². The van der Waals surface area contributed by atoms with Crippen molar-refractivity contribution in [3.8, 4) is 5.75 Å². The number of carbonyl (C=O) groups is 2. The molecule has 0 unspecified atom stereocenters. The molecule has 0 heterocycles. The van der Waals surface area contributed by atoms with Gasteiger partial charge in [-0.25, -0.2) is 0 Å². The van der Waals surface area contributed by atoms with Crippen molar-refractivity contribution in [3.63, 3.8) is 0 Å². The maximum atomic E-state index is 12.4. The fourth-order valence-electron chi connectivity index (χ4n) is 2.41. The molecule has 2 rings (SSSR count). The van der Waals surface area contributed by atoms with E-state index in [1.54, 1.807) is 31.4 Å². The third-order valence-corrected chi connectivity index (χ3v) is 3.70. The van der Waals surface area contributed by atoms with Gasteiger partial charge < -0.3 is 15.4 Å². The molecule has 0 aromatic heterocycles. The zero-order chi connectivity index (χ0) is 17.5. The van der Waals surface area contributed by atoms with Gasteiger partial charge >= 0.3 is 0 Å². The smallest absolute Gasteiger partial charge is 0.251 e. The molecule has 2 aromatic rings. The summed E-state index contributed by atoms with van der Waals surface area (Å²) in [5.74, 6) is 0.498. The molecule has 0 saturated carbocycles. The third kappa shape index (κ3) is 4.59. The molecule has 126 valence electrons. The van der Waals surface area contributed by atoms with Crippen molar-refractivity contribution in [2.45, 2.75) is 26.3 Å². The highest BCUT2D eigenvalue weighted by Crippen LogP contribution is 2.21. The van der Waals surface area contributed by atoms with Crippen molar-refractivity contribution < 1.29 is 14.3 Å². The van der Waals surface area contributed by atoms with Crippen molar-refractivity contribution in [1.82, 2.24) is 5.32 Å². The first-order chi connectivity index (χ1) is 11.5. The predicted octanol–water partition coefficient (Wildman–Crippen LogP) is 3.53. The summed E-state index contributed by atoms with van der Waals surface area (Å²) in [7, 11) is 1.62. The minimum Gasteiger partial charge on any atom is -0.497 e. The molecule has 0 spiro atoms. The highest BCUT2D eigenvalue weighted by Gasteiger charge is 2.14. The number of ether oxygens (including phenoxy) is 1. The van der Waals surface area contributed by atoms with Crippen LogP contribution in [0.25, 0.3) is 0 Å². The molecule has 0 aliphatic rings. The van der Waals surface area contributed by atoms with Crippen LogP contribution in [0.1, 0.15) is 42.2 Å². The highest BCUT2D eigenvalue weighted by atomic mass is 16.5. The molecule has 0 aliphatic heterocycles. The number of anilines is 1. The molecule has 0 aliphatic carbocycles. The Kier molecular flexibility index (Phi) is 5.95. The van der Waals surface area contributed by atoms with E-state index in [-0.39, 0.29) is 17.9 Å². The molecule has 2 aromatic carbocycles. The summed E-state index contributed by atoms with van der Waals surface area (Å²) in [6, 6.07) is 14.4. The minimum absolute atomic E-state index is 0.0709. The van der Waals surface area contributed by atoms with Crippen molar-refractivity contribution in [3.05, 3.63) is 59.7 Å². The van der Waals surface area contributed by atoms with Crippen LogP contribution < -0.4 is 15.4 Å². The van der Waals surface area contributed by atoms with Gasteiger partial charge in [-0.05, 0) is 48.4 Å². The number of methoxy groups -OCH3 is 1. The molecule has 1 atom stereocenters. The molecular weight excluding hydrogens is 304 g/mol. The monoisotopic (exact) mass is 326 g/mol. The zero-order valence-electron chi connectivity index (χ0n) is 14.1. The van der Waals surface area contributed by atoms with Crippen LogP contribution in [0.5, 0.6) is 5.75 Å². The van der Waals surface area contributed by atoms with E-state index >= 15 is 0 Å². The number of amides is 2. The van der Waals surface area contributed by atoms with E-state index in [0.29, 0.717) is 11.3 Å². The molecule has 0 fully saturated rings. The molecule has 2 amide bonds. The standard InChI is InChI=1S/C19H22N2O3/c1-4-18(14-7-11-17(24-3)12-8-14)21-19(23)15-5-9-16(10-6-15)20-13(2)22/h5-12,18H,4H2,1-3H3,(H,20,22)(H,21,23)/t18-/m1/s1. The van der Waals surface area contributed by atoms with Gasteiger partial charge in [-0.3, -0.25) is 9.59 Å². The lowest BCUT2D eigenvalue weighted by atomic mass is 10.0. The number of nitrogens with one attached hydrogen (secondary N) is 2. The Balaban J connectivity index is 2.06. The summed E-state index contributed by atoms with van der Waals surface area (Å²) >= 11 is 0. The second kappa shape index (κ2) is 8.15. The average molecular weight is 326 g/mol. The van der Waals surface area contributed by atoms with Crippen LogP contribution in [0.3, 0.4) is 0 Å². The van der Waals surface area contributed by atoms with Gasteiger partial charge in [0, 0.05) is 18.2 Å². The predicted molar refractivity (Wildman–Crippen MR) is 94.2 cm³/mol. The van der Waals surface area contributed by atoms with Gasteiger partial charge in [-0.2, -0.15) is 0 Å². The number of hydrogen-bond donors (Lipinski definition) is 2. The van der Waals surface area contributed by atoms with Gasteiger partial charge in [0.1, 0.15) is 5.75 Å². The first kappa shape index (κ1) is 17.5. The molecule has 0 radical (unpaired) electrons.